The number of hydrogen-bond acceptors (Lipinski definition) is 6. The Morgan fingerprint density at radius 3 is 2.71 bits per heavy atom. The average Bonchev–Trinajstić information content (AvgIpc) is 3.51. The molecule has 0 fully saturated rings. The van der Waals surface area contributed by atoms with Crippen LogP contribution in [0.4, 0.5) is 4.39 Å². The van der Waals surface area contributed by atoms with Crippen LogP contribution in [0, 0.1) is 12.7 Å². The highest BCUT2D eigenvalue weighted by Crippen LogP contribution is 2.33. The highest BCUT2D eigenvalue weighted by atomic mass is 19.1. The van der Waals surface area contributed by atoms with Crippen molar-refractivity contribution in [1.29, 1.82) is 0 Å². The SMILES string of the molecule is Cc1cc(F)cc(-c2cccc3[nH]c(-c4n[nH]c5cnc(-c6cncc(OCCN(C)C)c6)cc45)nc23)c1. The third kappa shape index (κ3) is 4.59. The van der Waals surface area contributed by atoms with Gasteiger partial charge in [0.1, 0.15) is 23.9 Å². The molecule has 0 bridgehead atoms. The number of fused-ring (bicyclic) bond motifs is 2. The molecule has 6 aromatic rings. The monoisotopic (exact) mass is 507 g/mol. The first-order valence-electron chi connectivity index (χ1n) is 12.3. The molecule has 9 heteroatoms. The lowest BCUT2D eigenvalue weighted by Gasteiger charge is -2.11. The largest absolute Gasteiger partial charge is 0.491 e. The Bertz CT molecular complexity index is 1750. The number of pyridine rings is 2. The number of aromatic nitrogens is 6. The molecule has 0 amide bonds. The lowest BCUT2D eigenvalue weighted by atomic mass is 10.0. The fraction of sp³-hybridized carbons (Fsp3) is 0.172. The van der Waals surface area contributed by atoms with E-state index in [1.807, 2.05) is 57.4 Å². The molecule has 8 nitrogen and oxygen atoms in total. The van der Waals surface area contributed by atoms with Crippen LogP contribution in [-0.2, 0) is 0 Å². The summed E-state index contributed by atoms with van der Waals surface area (Å²) in [6.45, 7) is 3.26. The zero-order valence-electron chi connectivity index (χ0n) is 21.3. The van der Waals surface area contributed by atoms with Crippen molar-refractivity contribution in [2.24, 2.45) is 0 Å². The van der Waals surface area contributed by atoms with Crippen LogP contribution in [0.2, 0.25) is 0 Å². The molecule has 2 N–H and O–H groups in total. The highest BCUT2D eigenvalue weighted by Gasteiger charge is 2.17. The van der Waals surface area contributed by atoms with Gasteiger partial charge in [0.2, 0.25) is 0 Å². The molecule has 4 aromatic heterocycles. The van der Waals surface area contributed by atoms with Crippen LogP contribution in [0.5, 0.6) is 5.75 Å². The molecule has 0 radical (unpaired) electrons. The van der Waals surface area contributed by atoms with E-state index >= 15 is 0 Å². The van der Waals surface area contributed by atoms with E-state index in [2.05, 4.69) is 30.0 Å². The zero-order chi connectivity index (χ0) is 26.2. The van der Waals surface area contributed by atoms with E-state index in [1.165, 1.54) is 12.1 Å². The third-order valence-corrected chi connectivity index (χ3v) is 6.35. The van der Waals surface area contributed by atoms with Gasteiger partial charge in [-0.05, 0) is 62.5 Å². The van der Waals surface area contributed by atoms with Gasteiger partial charge in [0.15, 0.2) is 5.82 Å². The van der Waals surface area contributed by atoms with Gasteiger partial charge in [-0.15, -0.1) is 0 Å². The second-order valence-electron chi connectivity index (χ2n) is 9.55. The fourth-order valence-electron chi connectivity index (χ4n) is 4.51. The van der Waals surface area contributed by atoms with Gasteiger partial charge in [0.05, 0.1) is 34.6 Å². The minimum absolute atomic E-state index is 0.271. The number of nitrogens with zero attached hydrogens (tertiary/aromatic N) is 5. The molecule has 6 rings (SSSR count). The number of aromatic amines is 2. The molecule has 0 spiro atoms. The number of aryl methyl sites for hydroxylation is 1. The molecule has 0 atom stereocenters. The number of benzene rings is 2. The number of rotatable bonds is 7. The standard InChI is InChI=1S/C29H26FN7O/c1-17-9-18(11-20(30)10-17)22-5-4-6-24-27(22)34-29(33-24)28-23-13-25(32-16-26(23)35-36-28)19-12-21(15-31-14-19)38-8-7-37(2)3/h4-6,9-16H,7-8H2,1-3H3,(H,33,34)(H,35,36). The number of imidazole rings is 1. The van der Waals surface area contributed by atoms with Gasteiger partial charge < -0.3 is 14.6 Å². The highest BCUT2D eigenvalue weighted by molar-refractivity contribution is 5.97. The van der Waals surface area contributed by atoms with Crippen molar-refractivity contribution in [2.75, 3.05) is 27.2 Å². The summed E-state index contributed by atoms with van der Waals surface area (Å²) < 4.78 is 20.0. The molecule has 0 saturated heterocycles. The first-order chi connectivity index (χ1) is 18.4. The van der Waals surface area contributed by atoms with Gasteiger partial charge >= 0.3 is 0 Å². The van der Waals surface area contributed by atoms with Crippen LogP contribution in [0.3, 0.4) is 0 Å². The van der Waals surface area contributed by atoms with Crippen molar-refractivity contribution in [3.05, 3.63) is 78.5 Å². The van der Waals surface area contributed by atoms with Gasteiger partial charge in [-0.3, -0.25) is 15.1 Å². The first kappa shape index (κ1) is 23.7. The van der Waals surface area contributed by atoms with E-state index in [0.717, 1.165) is 56.4 Å². The molecular formula is C29H26FN7O. The molecule has 2 aromatic carbocycles. The summed E-state index contributed by atoms with van der Waals surface area (Å²) >= 11 is 0. The molecule has 4 heterocycles. The zero-order valence-corrected chi connectivity index (χ0v) is 21.3. The molecule has 38 heavy (non-hydrogen) atoms. The summed E-state index contributed by atoms with van der Waals surface area (Å²) in [7, 11) is 4.01. The second-order valence-corrected chi connectivity index (χ2v) is 9.55. The fourth-order valence-corrected chi connectivity index (χ4v) is 4.51. The number of ether oxygens (including phenoxy) is 1. The summed E-state index contributed by atoms with van der Waals surface area (Å²) in [5.41, 5.74) is 7.14. The normalized spacial score (nSPS) is 11.6. The number of halogens is 1. The first-order valence-corrected chi connectivity index (χ1v) is 12.3. The van der Waals surface area contributed by atoms with E-state index in [-0.39, 0.29) is 5.82 Å². The molecule has 0 unspecified atom stereocenters. The second kappa shape index (κ2) is 9.68. The maximum atomic E-state index is 14.2. The lowest BCUT2D eigenvalue weighted by molar-refractivity contribution is 0.261. The minimum atomic E-state index is -0.271. The summed E-state index contributed by atoms with van der Waals surface area (Å²) in [5, 5.41) is 8.46. The van der Waals surface area contributed by atoms with Crippen LogP contribution in [0.15, 0.2) is 67.1 Å². The van der Waals surface area contributed by atoms with Gasteiger partial charge in [-0.2, -0.15) is 5.10 Å². The van der Waals surface area contributed by atoms with Crippen LogP contribution in [0.1, 0.15) is 5.56 Å². The Morgan fingerprint density at radius 2 is 1.87 bits per heavy atom. The van der Waals surface area contributed by atoms with E-state index in [9.17, 15) is 4.39 Å². The molecule has 0 saturated carbocycles. The third-order valence-electron chi connectivity index (χ3n) is 6.35. The Balaban J connectivity index is 1.38. The molecule has 0 aliphatic heterocycles. The van der Waals surface area contributed by atoms with Crippen molar-refractivity contribution < 1.29 is 9.13 Å². The van der Waals surface area contributed by atoms with Gasteiger partial charge in [0.25, 0.3) is 0 Å². The lowest BCUT2D eigenvalue weighted by Crippen LogP contribution is -2.19. The predicted octanol–water partition coefficient (Wildman–Crippen LogP) is 5.62. The number of nitrogens with one attached hydrogen (secondary N) is 2. The van der Waals surface area contributed by atoms with Crippen LogP contribution in [-0.4, -0.2) is 62.3 Å². The van der Waals surface area contributed by atoms with Crippen LogP contribution >= 0.6 is 0 Å². The summed E-state index contributed by atoms with van der Waals surface area (Å²) in [6.07, 6.45) is 5.22. The Hall–Kier alpha value is -4.63. The Labute approximate surface area is 218 Å². The average molecular weight is 508 g/mol. The van der Waals surface area contributed by atoms with Crippen molar-refractivity contribution in [3.63, 3.8) is 0 Å². The van der Waals surface area contributed by atoms with Crippen molar-refractivity contribution in [1.82, 2.24) is 35.0 Å². The predicted molar refractivity (Wildman–Crippen MR) is 146 cm³/mol. The molecular weight excluding hydrogens is 481 g/mol. The van der Waals surface area contributed by atoms with Crippen LogP contribution in [0.25, 0.3) is 55.8 Å². The van der Waals surface area contributed by atoms with Crippen molar-refractivity contribution in [3.8, 4) is 39.7 Å². The van der Waals surface area contributed by atoms with Gasteiger partial charge in [-0.1, -0.05) is 18.2 Å². The smallest absolute Gasteiger partial charge is 0.159 e. The molecule has 190 valence electrons. The molecule has 0 aliphatic rings. The summed E-state index contributed by atoms with van der Waals surface area (Å²) in [6, 6.07) is 14.8. The van der Waals surface area contributed by atoms with Crippen molar-refractivity contribution in [2.45, 2.75) is 6.92 Å². The summed E-state index contributed by atoms with van der Waals surface area (Å²) in [5.74, 6) is 1.03. The quantitative estimate of drug-likeness (QED) is 0.291. The number of likely N-dealkylation sites (N-methyl/N-ethyl adjacent to an activating group) is 1. The van der Waals surface area contributed by atoms with E-state index < -0.39 is 0 Å². The number of para-hydroxylation sites is 1. The number of H-pyrrole nitrogens is 2. The van der Waals surface area contributed by atoms with Crippen molar-refractivity contribution >= 4 is 21.9 Å². The van der Waals surface area contributed by atoms with Gasteiger partial charge in [0, 0.05) is 29.3 Å². The van der Waals surface area contributed by atoms with E-state index in [0.29, 0.717) is 23.9 Å². The van der Waals surface area contributed by atoms with Crippen LogP contribution < -0.4 is 4.74 Å². The van der Waals surface area contributed by atoms with Gasteiger partial charge in [-0.25, -0.2) is 9.37 Å². The maximum absolute atomic E-state index is 14.2. The summed E-state index contributed by atoms with van der Waals surface area (Å²) in [4.78, 5) is 19.3. The Morgan fingerprint density at radius 1 is 0.974 bits per heavy atom. The minimum Gasteiger partial charge on any atom is -0.491 e. The van der Waals surface area contributed by atoms with E-state index in [1.54, 1.807) is 18.6 Å². The Kier molecular flexibility index (Phi) is 6.05. The molecule has 0 aliphatic carbocycles. The topological polar surface area (TPSA) is 95.6 Å². The maximum Gasteiger partial charge on any atom is 0.159 e. The van der Waals surface area contributed by atoms with E-state index in [4.69, 9.17) is 9.72 Å². The number of hydrogen-bond donors (Lipinski definition) is 2.